The van der Waals surface area contributed by atoms with E-state index in [-0.39, 0.29) is 5.02 Å². The predicted molar refractivity (Wildman–Crippen MR) is 65.8 cm³/mol. The van der Waals surface area contributed by atoms with E-state index in [9.17, 15) is 8.60 Å². The fourth-order valence-electron chi connectivity index (χ4n) is 1.24. The van der Waals surface area contributed by atoms with Crippen LogP contribution in [0.4, 0.5) is 4.39 Å². The van der Waals surface area contributed by atoms with Crippen LogP contribution >= 0.6 is 11.6 Å². The van der Waals surface area contributed by atoms with E-state index in [0.717, 1.165) is 19.5 Å². The zero-order valence-electron chi connectivity index (χ0n) is 9.13. The van der Waals surface area contributed by atoms with Gasteiger partial charge in [0.05, 0.1) is 15.8 Å². The van der Waals surface area contributed by atoms with Crippen molar-refractivity contribution in [3.8, 4) is 0 Å². The van der Waals surface area contributed by atoms with Crippen LogP contribution in [0.3, 0.4) is 0 Å². The quantitative estimate of drug-likeness (QED) is 0.800. The molecule has 90 valence electrons. The summed E-state index contributed by atoms with van der Waals surface area (Å²) in [5.74, 6) is 0.0877. The minimum absolute atomic E-state index is 0.0255. The zero-order valence-corrected chi connectivity index (χ0v) is 10.7. The molecule has 0 spiro atoms. The first-order valence-corrected chi connectivity index (χ1v) is 6.89. The highest BCUT2D eigenvalue weighted by Gasteiger charge is 2.06. The van der Waals surface area contributed by atoms with Gasteiger partial charge in [-0.05, 0) is 37.7 Å². The van der Waals surface area contributed by atoms with E-state index in [1.165, 1.54) is 18.2 Å². The standard InChI is InChI=1S/C11H15ClFNOS/c1-2-14-6-3-7-16(15)9-4-5-11(13)10(12)8-9/h4-5,8,14H,2-3,6-7H2,1H3. The number of benzene rings is 1. The summed E-state index contributed by atoms with van der Waals surface area (Å²) in [4.78, 5) is 0.586. The van der Waals surface area contributed by atoms with E-state index >= 15 is 0 Å². The lowest BCUT2D eigenvalue weighted by molar-refractivity contribution is 0.626. The van der Waals surface area contributed by atoms with Crippen LogP contribution in [0.2, 0.25) is 5.02 Å². The summed E-state index contributed by atoms with van der Waals surface area (Å²) < 4.78 is 24.6. The van der Waals surface area contributed by atoms with Crippen LogP contribution in [0.1, 0.15) is 13.3 Å². The first-order chi connectivity index (χ1) is 7.65. The van der Waals surface area contributed by atoms with Crippen molar-refractivity contribution >= 4 is 22.4 Å². The maximum absolute atomic E-state index is 12.9. The molecule has 0 saturated heterocycles. The Labute approximate surface area is 103 Å². The average molecular weight is 264 g/mol. The van der Waals surface area contributed by atoms with Gasteiger partial charge >= 0.3 is 0 Å². The molecule has 1 unspecified atom stereocenters. The van der Waals surface area contributed by atoms with Crippen molar-refractivity contribution in [3.63, 3.8) is 0 Å². The van der Waals surface area contributed by atoms with E-state index < -0.39 is 16.6 Å². The van der Waals surface area contributed by atoms with E-state index in [2.05, 4.69) is 5.32 Å². The molecule has 0 heterocycles. The van der Waals surface area contributed by atoms with Crippen LogP contribution in [-0.4, -0.2) is 23.1 Å². The minimum atomic E-state index is -1.10. The van der Waals surface area contributed by atoms with Gasteiger partial charge in [0.15, 0.2) is 0 Å². The zero-order chi connectivity index (χ0) is 12.0. The van der Waals surface area contributed by atoms with Gasteiger partial charge in [0.1, 0.15) is 5.82 Å². The van der Waals surface area contributed by atoms with Crippen molar-refractivity contribution < 1.29 is 8.60 Å². The molecule has 1 aromatic carbocycles. The highest BCUT2D eigenvalue weighted by molar-refractivity contribution is 7.85. The molecule has 0 radical (unpaired) electrons. The Bertz CT molecular complexity index is 373. The monoisotopic (exact) mass is 263 g/mol. The summed E-state index contributed by atoms with van der Waals surface area (Å²) in [5.41, 5.74) is 0. The van der Waals surface area contributed by atoms with Crippen LogP contribution in [0, 0.1) is 5.82 Å². The normalized spacial score (nSPS) is 12.7. The molecule has 0 saturated carbocycles. The number of hydrogen-bond acceptors (Lipinski definition) is 2. The number of rotatable bonds is 6. The predicted octanol–water partition coefficient (Wildman–Crippen LogP) is 2.59. The molecule has 2 nitrogen and oxygen atoms in total. The summed E-state index contributed by atoms with van der Waals surface area (Å²) in [6.45, 7) is 3.78. The van der Waals surface area contributed by atoms with Gasteiger partial charge in [-0.25, -0.2) is 4.39 Å². The lowest BCUT2D eigenvalue weighted by atomic mass is 10.3. The summed E-state index contributed by atoms with van der Waals surface area (Å²) >= 11 is 5.62. The third-order valence-corrected chi connectivity index (χ3v) is 3.82. The van der Waals surface area contributed by atoms with Gasteiger partial charge in [0.25, 0.3) is 0 Å². The summed E-state index contributed by atoms with van der Waals surface area (Å²) in [5, 5.41) is 3.18. The van der Waals surface area contributed by atoms with E-state index in [1.54, 1.807) is 0 Å². The van der Waals surface area contributed by atoms with E-state index in [0.29, 0.717) is 10.6 Å². The highest BCUT2D eigenvalue weighted by Crippen LogP contribution is 2.18. The fourth-order valence-corrected chi connectivity index (χ4v) is 2.60. The Morgan fingerprint density at radius 1 is 1.50 bits per heavy atom. The molecule has 5 heteroatoms. The Hall–Kier alpha value is -0.450. The van der Waals surface area contributed by atoms with Crippen LogP contribution in [0.5, 0.6) is 0 Å². The van der Waals surface area contributed by atoms with Gasteiger partial charge in [-0.3, -0.25) is 4.21 Å². The molecule has 0 aromatic heterocycles. The van der Waals surface area contributed by atoms with Crippen molar-refractivity contribution in [2.45, 2.75) is 18.2 Å². The molecular formula is C11H15ClFNOS. The van der Waals surface area contributed by atoms with Gasteiger partial charge in [0, 0.05) is 10.6 Å². The highest BCUT2D eigenvalue weighted by atomic mass is 35.5. The lowest BCUT2D eigenvalue weighted by Gasteiger charge is -2.04. The maximum Gasteiger partial charge on any atom is 0.141 e. The van der Waals surface area contributed by atoms with Gasteiger partial charge in [0.2, 0.25) is 0 Å². The smallest absolute Gasteiger partial charge is 0.141 e. The Morgan fingerprint density at radius 3 is 2.88 bits per heavy atom. The third kappa shape index (κ3) is 4.20. The van der Waals surface area contributed by atoms with Crippen molar-refractivity contribution in [2.24, 2.45) is 0 Å². The van der Waals surface area contributed by atoms with Crippen molar-refractivity contribution in [1.82, 2.24) is 5.32 Å². The topological polar surface area (TPSA) is 29.1 Å². The Morgan fingerprint density at radius 2 is 2.25 bits per heavy atom. The van der Waals surface area contributed by atoms with E-state index in [1.807, 2.05) is 6.92 Å². The molecule has 0 aliphatic carbocycles. The molecule has 0 aliphatic heterocycles. The van der Waals surface area contributed by atoms with Crippen LogP contribution in [0.25, 0.3) is 0 Å². The fraction of sp³-hybridized carbons (Fsp3) is 0.455. The molecule has 1 aromatic rings. The molecule has 0 bridgehead atoms. The van der Waals surface area contributed by atoms with Gasteiger partial charge in [-0.2, -0.15) is 0 Å². The van der Waals surface area contributed by atoms with E-state index in [4.69, 9.17) is 11.6 Å². The average Bonchev–Trinajstić information content (AvgIpc) is 2.28. The van der Waals surface area contributed by atoms with Crippen molar-refractivity contribution in [1.29, 1.82) is 0 Å². The molecule has 1 N–H and O–H groups in total. The number of nitrogens with one attached hydrogen (secondary N) is 1. The molecule has 1 atom stereocenters. The molecule has 16 heavy (non-hydrogen) atoms. The number of halogens is 2. The summed E-state index contributed by atoms with van der Waals surface area (Å²) in [7, 11) is -1.10. The van der Waals surface area contributed by atoms with Crippen molar-refractivity contribution in [3.05, 3.63) is 29.0 Å². The second-order valence-electron chi connectivity index (χ2n) is 3.33. The van der Waals surface area contributed by atoms with Gasteiger partial charge in [-0.15, -0.1) is 0 Å². The van der Waals surface area contributed by atoms with Crippen LogP contribution in [-0.2, 0) is 10.8 Å². The molecule has 0 amide bonds. The maximum atomic E-state index is 12.9. The molecule has 0 aliphatic rings. The van der Waals surface area contributed by atoms with Crippen LogP contribution < -0.4 is 5.32 Å². The SMILES string of the molecule is CCNCCCS(=O)c1ccc(F)c(Cl)c1. The van der Waals surface area contributed by atoms with Gasteiger partial charge < -0.3 is 5.32 Å². The van der Waals surface area contributed by atoms with Crippen LogP contribution in [0.15, 0.2) is 23.1 Å². The summed E-state index contributed by atoms with van der Waals surface area (Å²) in [6.07, 6.45) is 0.829. The lowest BCUT2D eigenvalue weighted by Crippen LogP contribution is -2.16. The molecule has 0 fully saturated rings. The first kappa shape index (κ1) is 13.6. The molecular weight excluding hydrogens is 249 g/mol. The third-order valence-electron chi connectivity index (χ3n) is 2.09. The minimum Gasteiger partial charge on any atom is -0.317 e. The first-order valence-electron chi connectivity index (χ1n) is 5.19. The largest absolute Gasteiger partial charge is 0.317 e. The van der Waals surface area contributed by atoms with Crippen molar-refractivity contribution in [2.75, 3.05) is 18.8 Å². The number of hydrogen-bond donors (Lipinski definition) is 1. The Kier molecular flexibility index (Phi) is 5.95. The Balaban J connectivity index is 2.50. The van der Waals surface area contributed by atoms with Gasteiger partial charge in [-0.1, -0.05) is 18.5 Å². The molecule has 1 rings (SSSR count). The second-order valence-corrected chi connectivity index (χ2v) is 5.31. The summed E-state index contributed by atoms with van der Waals surface area (Å²) in [6, 6.07) is 4.20. The second kappa shape index (κ2) is 6.99.